The van der Waals surface area contributed by atoms with Crippen molar-refractivity contribution >= 4 is 5.69 Å². The van der Waals surface area contributed by atoms with Gasteiger partial charge in [-0.05, 0) is 36.2 Å². The van der Waals surface area contributed by atoms with Crippen LogP contribution in [0.1, 0.15) is 17.2 Å². The first-order valence-electron chi connectivity index (χ1n) is 7.10. The lowest BCUT2D eigenvalue weighted by Gasteiger charge is -2.23. The van der Waals surface area contributed by atoms with Gasteiger partial charge in [0.1, 0.15) is 13.2 Å². The van der Waals surface area contributed by atoms with Crippen LogP contribution in [0.2, 0.25) is 0 Å². The number of rotatable bonds is 4. The molecule has 2 aromatic carbocycles. The van der Waals surface area contributed by atoms with Gasteiger partial charge >= 0.3 is 0 Å². The Morgan fingerprint density at radius 1 is 1.10 bits per heavy atom. The second-order valence-electron chi connectivity index (χ2n) is 5.10. The first-order valence-corrected chi connectivity index (χ1v) is 7.10. The average molecular weight is 285 g/mol. The Kier molecular flexibility index (Phi) is 3.97. The summed E-state index contributed by atoms with van der Waals surface area (Å²) in [5.74, 6) is 1.50. The Morgan fingerprint density at radius 3 is 2.62 bits per heavy atom. The zero-order valence-corrected chi connectivity index (χ0v) is 12.0. The van der Waals surface area contributed by atoms with Crippen LogP contribution in [0.4, 0.5) is 5.69 Å². The van der Waals surface area contributed by atoms with Crippen LogP contribution in [0, 0.1) is 6.92 Å². The molecule has 2 aromatic rings. The van der Waals surface area contributed by atoms with Gasteiger partial charge in [0.25, 0.3) is 0 Å². The first kappa shape index (κ1) is 13.8. The smallest absolute Gasteiger partial charge is 0.161 e. The van der Waals surface area contributed by atoms with E-state index in [0.29, 0.717) is 13.2 Å². The van der Waals surface area contributed by atoms with Crippen LogP contribution >= 0.6 is 0 Å². The molecule has 1 atom stereocenters. The van der Waals surface area contributed by atoms with Crippen molar-refractivity contribution in [2.24, 2.45) is 0 Å². The lowest BCUT2D eigenvalue weighted by Crippen LogP contribution is -2.18. The second kappa shape index (κ2) is 6.06. The van der Waals surface area contributed by atoms with Gasteiger partial charge in [-0.1, -0.05) is 24.3 Å². The zero-order chi connectivity index (χ0) is 14.7. The van der Waals surface area contributed by atoms with Crippen molar-refractivity contribution in [3.63, 3.8) is 0 Å². The summed E-state index contributed by atoms with van der Waals surface area (Å²) in [5.41, 5.74) is 3.14. The largest absolute Gasteiger partial charge is 0.486 e. The predicted molar refractivity (Wildman–Crippen MR) is 82.1 cm³/mol. The molecule has 4 heteroatoms. The standard InChI is InChI=1S/C17H19NO3/c1-12-4-2-3-5-14(12)18-15(11-19)13-6-7-16-17(10-13)21-9-8-20-16/h2-7,10,15,18-19H,8-9,11H2,1H3. The summed E-state index contributed by atoms with van der Waals surface area (Å²) in [6.07, 6.45) is 0. The van der Waals surface area contributed by atoms with E-state index in [1.165, 1.54) is 0 Å². The van der Waals surface area contributed by atoms with Crippen LogP contribution < -0.4 is 14.8 Å². The Bertz CT molecular complexity index is 627. The Labute approximate surface area is 124 Å². The van der Waals surface area contributed by atoms with Crippen LogP contribution in [-0.4, -0.2) is 24.9 Å². The van der Waals surface area contributed by atoms with Crippen molar-refractivity contribution in [2.75, 3.05) is 25.1 Å². The quantitative estimate of drug-likeness (QED) is 0.907. The lowest BCUT2D eigenvalue weighted by atomic mass is 10.1. The Hall–Kier alpha value is -2.20. The molecule has 0 fully saturated rings. The number of aliphatic hydroxyl groups is 1. The molecule has 4 nitrogen and oxygen atoms in total. The van der Waals surface area contributed by atoms with Crippen molar-refractivity contribution in [3.8, 4) is 11.5 Å². The van der Waals surface area contributed by atoms with E-state index in [4.69, 9.17) is 9.47 Å². The highest BCUT2D eigenvalue weighted by Gasteiger charge is 2.17. The van der Waals surface area contributed by atoms with E-state index in [9.17, 15) is 5.11 Å². The molecule has 0 saturated carbocycles. The number of benzene rings is 2. The molecular formula is C17H19NO3. The molecule has 1 heterocycles. The number of fused-ring (bicyclic) bond motifs is 1. The van der Waals surface area contributed by atoms with Crippen LogP contribution in [0.5, 0.6) is 11.5 Å². The Balaban J connectivity index is 1.85. The second-order valence-corrected chi connectivity index (χ2v) is 5.10. The van der Waals surface area contributed by atoms with Crippen molar-refractivity contribution in [1.29, 1.82) is 0 Å². The molecule has 0 saturated heterocycles. The molecule has 0 aliphatic carbocycles. The summed E-state index contributed by atoms with van der Waals surface area (Å²) in [6, 6.07) is 13.6. The molecule has 1 aliphatic rings. The molecular weight excluding hydrogens is 266 g/mol. The SMILES string of the molecule is Cc1ccccc1NC(CO)c1ccc2c(c1)OCCO2. The fourth-order valence-corrected chi connectivity index (χ4v) is 2.43. The molecule has 0 radical (unpaired) electrons. The van der Waals surface area contributed by atoms with E-state index in [-0.39, 0.29) is 12.6 Å². The molecule has 1 aliphatic heterocycles. The van der Waals surface area contributed by atoms with E-state index in [1.54, 1.807) is 0 Å². The van der Waals surface area contributed by atoms with Gasteiger partial charge in [-0.3, -0.25) is 0 Å². The van der Waals surface area contributed by atoms with Crippen molar-refractivity contribution in [3.05, 3.63) is 53.6 Å². The topological polar surface area (TPSA) is 50.7 Å². The highest BCUT2D eigenvalue weighted by atomic mass is 16.6. The van der Waals surface area contributed by atoms with Crippen LogP contribution in [-0.2, 0) is 0 Å². The highest BCUT2D eigenvalue weighted by Crippen LogP contribution is 2.33. The summed E-state index contributed by atoms with van der Waals surface area (Å²) >= 11 is 0. The van der Waals surface area contributed by atoms with Gasteiger partial charge in [-0.25, -0.2) is 0 Å². The number of hydrogen-bond acceptors (Lipinski definition) is 4. The molecule has 110 valence electrons. The number of aryl methyl sites for hydroxylation is 1. The molecule has 0 amide bonds. The summed E-state index contributed by atoms with van der Waals surface area (Å²) < 4.78 is 11.1. The minimum absolute atomic E-state index is 0.00791. The minimum atomic E-state index is -0.179. The Morgan fingerprint density at radius 2 is 1.86 bits per heavy atom. The van der Waals surface area contributed by atoms with Gasteiger partial charge in [-0.2, -0.15) is 0 Å². The van der Waals surface area contributed by atoms with Crippen LogP contribution in [0.3, 0.4) is 0 Å². The van der Waals surface area contributed by atoms with Gasteiger partial charge in [-0.15, -0.1) is 0 Å². The lowest BCUT2D eigenvalue weighted by molar-refractivity contribution is 0.171. The molecule has 21 heavy (non-hydrogen) atoms. The molecule has 0 bridgehead atoms. The normalized spacial score (nSPS) is 14.6. The first-order chi connectivity index (χ1) is 10.3. The third-order valence-corrected chi connectivity index (χ3v) is 3.63. The van der Waals surface area contributed by atoms with E-state index in [2.05, 4.69) is 5.32 Å². The molecule has 3 rings (SSSR count). The van der Waals surface area contributed by atoms with Crippen molar-refractivity contribution in [1.82, 2.24) is 0 Å². The van der Waals surface area contributed by atoms with E-state index in [1.807, 2.05) is 49.4 Å². The van der Waals surface area contributed by atoms with Gasteiger partial charge in [0, 0.05) is 5.69 Å². The predicted octanol–water partition coefficient (Wildman–Crippen LogP) is 2.91. The van der Waals surface area contributed by atoms with E-state index < -0.39 is 0 Å². The third-order valence-electron chi connectivity index (χ3n) is 3.63. The summed E-state index contributed by atoms with van der Waals surface area (Å²) in [7, 11) is 0. The molecule has 1 unspecified atom stereocenters. The van der Waals surface area contributed by atoms with Crippen LogP contribution in [0.25, 0.3) is 0 Å². The number of para-hydroxylation sites is 1. The average Bonchev–Trinajstić information content (AvgIpc) is 2.54. The van der Waals surface area contributed by atoms with Crippen molar-refractivity contribution in [2.45, 2.75) is 13.0 Å². The fraction of sp³-hybridized carbons (Fsp3) is 0.294. The summed E-state index contributed by atoms with van der Waals surface area (Å²) in [6.45, 7) is 3.19. The molecule has 0 spiro atoms. The maximum absolute atomic E-state index is 9.70. The number of nitrogens with one attached hydrogen (secondary N) is 1. The van der Waals surface area contributed by atoms with E-state index >= 15 is 0 Å². The zero-order valence-electron chi connectivity index (χ0n) is 12.0. The third kappa shape index (κ3) is 2.95. The number of hydrogen-bond donors (Lipinski definition) is 2. The monoisotopic (exact) mass is 285 g/mol. The maximum Gasteiger partial charge on any atom is 0.161 e. The minimum Gasteiger partial charge on any atom is -0.486 e. The molecule has 0 aromatic heterocycles. The van der Waals surface area contributed by atoms with Crippen LogP contribution in [0.15, 0.2) is 42.5 Å². The number of anilines is 1. The summed E-state index contributed by atoms with van der Waals surface area (Å²) in [4.78, 5) is 0. The van der Waals surface area contributed by atoms with Gasteiger partial charge < -0.3 is 19.9 Å². The van der Waals surface area contributed by atoms with Crippen molar-refractivity contribution < 1.29 is 14.6 Å². The van der Waals surface area contributed by atoms with Gasteiger partial charge in [0.2, 0.25) is 0 Å². The number of aliphatic hydroxyl groups excluding tert-OH is 1. The van der Waals surface area contributed by atoms with Gasteiger partial charge in [0.05, 0.1) is 12.6 Å². The fourth-order valence-electron chi connectivity index (χ4n) is 2.43. The van der Waals surface area contributed by atoms with E-state index in [0.717, 1.165) is 28.3 Å². The highest BCUT2D eigenvalue weighted by molar-refractivity contribution is 5.53. The van der Waals surface area contributed by atoms with Gasteiger partial charge in [0.15, 0.2) is 11.5 Å². The molecule has 2 N–H and O–H groups in total. The summed E-state index contributed by atoms with van der Waals surface area (Å²) in [5, 5.41) is 13.1. The maximum atomic E-state index is 9.70. The number of ether oxygens (including phenoxy) is 2.